The first-order valence-electron chi connectivity index (χ1n) is 8.91. The summed E-state index contributed by atoms with van der Waals surface area (Å²) in [5, 5.41) is 1.31. The maximum Gasteiger partial charge on any atom is 0.276 e. The molecule has 0 saturated heterocycles. The van der Waals surface area contributed by atoms with Gasteiger partial charge in [0.2, 0.25) is 0 Å². The van der Waals surface area contributed by atoms with Crippen molar-refractivity contribution < 1.29 is 4.43 Å². The van der Waals surface area contributed by atoms with Crippen molar-refractivity contribution in [1.29, 1.82) is 0 Å². The van der Waals surface area contributed by atoms with Gasteiger partial charge in [0.1, 0.15) is 5.75 Å². The fraction of sp³-hybridized carbons (Fsp3) is 0.455. The molecule has 0 fully saturated rings. The lowest BCUT2D eigenvalue weighted by Gasteiger charge is -2.32. The minimum Gasteiger partial charge on any atom is -0.539 e. The summed E-state index contributed by atoms with van der Waals surface area (Å²) >= 11 is 3.81. The van der Waals surface area contributed by atoms with E-state index in [-0.39, 0.29) is 10.8 Å². The first kappa shape index (κ1) is 20.3. The normalized spacial score (nSPS) is 13.0. The van der Waals surface area contributed by atoms with Gasteiger partial charge in [-0.05, 0) is 62.2 Å². The zero-order valence-electron chi connectivity index (χ0n) is 16.8. The molecule has 0 N–H and O–H groups in total. The Morgan fingerprint density at radius 2 is 1.40 bits per heavy atom. The molecular weight excluding hydrogens is 388 g/mol. The minimum atomic E-state index is -2.06. The zero-order chi connectivity index (χ0) is 19.0. The highest BCUT2D eigenvalue weighted by atomic mass is 79.9. The molecule has 0 spiro atoms. The zero-order valence-corrected chi connectivity index (χ0v) is 19.4. The van der Waals surface area contributed by atoms with Crippen LogP contribution in [-0.2, 0) is 10.8 Å². The highest BCUT2D eigenvalue weighted by Gasteiger charge is 2.32. The van der Waals surface area contributed by atoms with Gasteiger partial charge < -0.3 is 4.43 Å². The number of rotatable bonds is 3. The summed E-state index contributed by atoms with van der Waals surface area (Å²) < 4.78 is 7.79. The van der Waals surface area contributed by atoms with Crippen molar-refractivity contribution in [3.63, 3.8) is 0 Å². The van der Waals surface area contributed by atoms with Crippen LogP contribution >= 0.6 is 15.9 Å². The van der Waals surface area contributed by atoms with Crippen LogP contribution in [0.15, 0.2) is 46.9 Å². The molecule has 0 radical (unpaired) electrons. The third kappa shape index (κ3) is 4.76. The fourth-order valence-corrected chi connectivity index (χ4v) is 5.37. The number of hydrogen-bond acceptors (Lipinski definition) is 1. The van der Waals surface area contributed by atoms with Gasteiger partial charge in [0.25, 0.3) is 8.32 Å². The molecule has 0 bridgehead atoms. The van der Waals surface area contributed by atoms with E-state index < -0.39 is 8.32 Å². The summed E-state index contributed by atoms with van der Waals surface area (Å²) in [6.45, 7) is 18.1. The molecule has 1 nitrogen and oxygen atoms in total. The second-order valence-corrected chi connectivity index (χ2v) is 14.0. The Bertz CT molecular complexity index is 737. The second-order valence-electron chi connectivity index (χ2n) is 9.31. The summed E-state index contributed by atoms with van der Waals surface area (Å²) in [5.41, 5.74) is 2.72. The van der Waals surface area contributed by atoms with E-state index in [0.29, 0.717) is 0 Å². The van der Waals surface area contributed by atoms with E-state index in [1.54, 1.807) is 0 Å². The molecule has 3 heteroatoms. The van der Waals surface area contributed by atoms with E-state index in [9.17, 15) is 0 Å². The lowest BCUT2D eigenvalue weighted by Crippen LogP contribution is -2.48. The molecule has 0 aromatic heterocycles. The third-order valence-corrected chi connectivity index (χ3v) is 7.57. The fourth-order valence-electron chi connectivity index (χ4n) is 2.84. The Hall–Kier alpha value is -1.06. The largest absolute Gasteiger partial charge is 0.539 e. The van der Waals surface area contributed by atoms with Crippen molar-refractivity contribution in [3.8, 4) is 5.75 Å². The van der Waals surface area contributed by atoms with Gasteiger partial charge in [-0.1, -0.05) is 77.9 Å². The Labute approximate surface area is 163 Å². The molecule has 0 atom stereocenters. The SMILES string of the molecule is CC(C)(C)c1cc(Br)c(O[Si](C)(C)c2ccccc2)c(C(C)(C)C)c1. The van der Waals surface area contributed by atoms with E-state index in [1.165, 1.54) is 16.3 Å². The maximum absolute atomic E-state index is 6.74. The van der Waals surface area contributed by atoms with E-state index in [4.69, 9.17) is 4.43 Å². The summed E-state index contributed by atoms with van der Waals surface area (Å²) in [6, 6.07) is 15.2. The molecule has 0 aliphatic heterocycles. The molecule has 0 aliphatic carbocycles. The lowest BCUT2D eigenvalue weighted by atomic mass is 9.80. The predicted octanol–water partition coefficient (Wildman–Crippen LogP) is 6.54. The quantitative estimate of drug-likeness (QED) is 0.514. The maximum atomic E-state index is 6.74. The first-order valence-corrected chi connectivity index (χ1v) is 12.6. The molecule has 2 rings (SSSR count). The van der Waals surface area contributed by atoms with Crippen LogP contribution < -0.4 is 9.61 Å². The Morgan fingerprint density at radius 1 is 0.840 bits per heavy atom. The van der Waals surface area contributed by atoms with Gasteiger partial charge in [0.15, 0.2) is 0 Å². The van der Waals surface area contributed by atoms with Crippen molar-refractivity contribution in [1.82, 2.24) is 0 Å². The number of hydrogen-bond donors (Lipinski definition) is 0. The van der Waals surface area contributed by atoms with Gasteiger partial charge in [-0.3, -0.25) is 0 Å². The third-order valence-electron chi connectivity index (χ3n) is 4.54. The summed E-state index contributed by atoms with van der Waals surface area (Å²) in [7, 11) is -2.06. The molecule has 136 valence electrons. The monoisotopic (exact) mass is 418 g/mol. The molecule has 0 saturated carbocycles. The van der Waals surface area contributed by atoms with Crippen LogP contribution in [0.5, 0.6) is 5.75 Å². The van der Waals surface area contributed by atoms with Crippen LogP contribution in [0.2, 0.25) is 13.1 Å². The van der Waals surface area contributed by atoms with Crippen molar-refractivity contribution >= 4 is 29.4 Å². The summed E-state index contributed by atoms with van der Waals surface area (Å²) in [6.07, 6.45) is 0. The standard InChI is InChI=1S/C22H31BrOSi/c1-21(2,3)16-14-18(22(4,5)6)20(19(23)15-16)24-25(7,8)17-12-10-9-11-13-17/h9-15H,1-8H3. The van der Waals surface area contributed by atoms with Crippen molar-refractivity contribution in [3.05, 3.63) is 58.1 Å². The van der Waals surface area contributed by atoms with Gasteiger partial charge in [0.05, 0.1) is 4.47 Å². The van der Waals surface area contributed by atoms with Crippen molar-refractivity contribution in [2.24, 2.45) is 0 Å². The highest BCUT2D eigenvalue weighted by Crippen LogP contribution is 2.41. The van der Waals surface area contributed by atoms with Crippen LogP contribution in [0, 0.1) is 0 Å². The first-order chi connectivity index (χ1) is 11.3. The molecule has 0 amide bonds. The topological polar surface area (TPSA) is 9.23 Å². The van der Waals surface area contributed by atoms with Gasteiger partial charge in [-0.15, -0.1) is 0 Å². The highest BCUT2D eigenvalue weighted by molar-refractivity contribution is 9.10. The van der Waals surface area contributed by atoms with E-state index >= 15 is 0 Å². The van der Waals surface area contributed by atoms with Crippen LogP contribution in [0.4, 0.5) is 0 Å². The van der Waals surface area contributed by atoms with Crippen LogP contribution in [0.3, 0.4) is 0 Å². The van der Waals surface area contributed by atoms with Gasteiger partial charge in [0, 0.05) is 0 Å². The summed E-state index contributed by atoms with van der Waals surface area (Å²) in [4.78, 5) is 0. The number of benzene rings is 2. The average Bonchev–Trinajstić information content (AvgIpc) is 2.47. The number of halogens is 1. The van der Waals surface area contributed by atoms with Gasteiger partial charge >= 0.3 is 0 Å². The Balaban J connectivity index is 2.57. The second kappa shape index (κ2) is 6.92. The van der Waals surface area contributed by atoms with E-state index in [1.807, 2.05) is 0 Å². The molecule has 0 aliphatic rings. The lowest BCUT2D eigenvalue weighted by molar-refractivity contribution is 0.504. The van der Waals surface area contributed by atoms with E-state index in [0.717, 1.165) is 10.2 Å². The molecule has 0 heterocycles. The smallest absolute Gasteiger partial charge is 0.276 e. The molecule has 0 unspecified atom stereocenters. The Morgan fingerprint density at radius 3 is 1.88 bits per heavy atom. The molecular formula is C22H31BrOSi. The van der Waals surface area contributed by atoms with Gasteiger partial charge in [-0.2, -0.15) is 0 Å². The minimum absolute atomic E-state index is 0.0142. The average molecular weight is 419 g/mol. The van der Waals surface area contributed by atoms with Crippen molar-refractivity contribution in [2.75, 3.05) is 0 Å². The molecule has 2 aromatic carbocycles. The Kier molecular flexibility index (Phi) is 5.61. The van der Waals surface area contributed by atoms with Crippen LogP contribution in [0.25, 0.3) is 0 Å². The van der Waals surface area contributed by atoms with E-state index in [2.05, 4.69) is 113 Å². The van der Waals surface area contributed by atoms with Crippen LogP contribution in [-0.4, -0.2) is 8.32 Å². The predicted molar refractivity (Wildman–Crippen MR) is 116 cm³/mol. The van der Waals surface area contributed by atoms with Gasteiger partial charge in [-0.25, -0.2) is 0 Å². The molecule has 25 heavy (non-hydrogen) atoms. The van der Waals surface area contributed by atoms with Crippen molar-refractivity contribution in [2.45, 2.75) is 65.5 Å². The summed E-state index contributed by atoms with van der Waals surface area (Å²) in [5.74, 6) is 1.00. The van der Waals surface area contributed by atoms with Crippen LogP contribution in [0.1, 0.15) is 52.7 Å². The molecule has 2 aromatic rings.